The second-order valence-electron chi connectivity index (χ2n) is 3.66. The normalized spacial score (nSPS) is 12.0. The van der Waals surface area contributed by atoms with E-state index in [1.165, 1.54) is 6.07 Å². The molecule has 1 unspecified atom stereocenters. The molecule has 92 valence electrons. The number of benzene rings is 1. The van der Waals surface area contributed by atoms with E-state index in [1.54, 1.807) is 6.92 Å². The molecule has 1 rings (SSSR count). The first kappa shape index (κ1) is 13.3. The predicted molar refractivity (Wildman–Crippen MR) is 56.8 cm³/mol. The fourth-order valence-electron chi connectivity index (χ4n) is 1.43. The molecule has 0 N–H and O–H groups in total. The lowest BCUT2D eigenvalue weighted by atomic mass is 9.96. The molecule has 0 radical (unpaired) electrons. The molecule has 1 aromatic carbocycles. The average molecular weight is 242 g/mol. The van der Waals surface area contributed by atoms with Gasteiger partial charge in [0.2, 0.25) is 0 Å². The number of carbonyl (C=O) groups is 2. The van der Waals surface area contributed by atoms with Crippen LogP contribution < -0.4 is 0 Å². The minimum atomic E-state index is -1.24. The first-order chi connectivity index (χ1) is 8.01. The molecule has 0 fully saturated rings. The van der Waals surface area contributed by atoms with Gasteiger partial charge in [0.25, 0.3) is 0 Å². The molecule has 0 heterocycles. The number of hydrogen-bond acceptors (Lipinski definition) is 3. The maximum Gasteiger partial charge on any atom is 0.340 e. The van der Waals surface area contributed by atoms with E-state index < -0.39 is 23.2 Å². The van der Waals surface area contributed by atoms with E-state index in [0.29, 0.717) is 11.8 Å². The maximum atomic E-state index is 13.3. The molecule has 0 aliphatic carbocycles. The van der Waals surface area contributed by atoms with Crippen LogP contribution in [0.15, 0.2) is 12.1 Å². The van der Waals surface area contributed by atoms with Crippen molar-refractivity contribution in [2.75, 3.05) is 7.11 Å². The van der Waals surface area contributed by atoms with E-state index in [1.807, 2.05) is 0 Å². The van der Waals surface area contributed by atoms with Crippen LogP contribution in [0.4, 0.5) is 8.78 Å². The lowest BCUT2D eigenvalue weighted by Gasteiger charge is -2.11. The van der Waals surface area contributed by atoms with Crippen molar-refractivity contribution in [3.63, 3.8) is 0 Å². The number of methoxy groups -OCH3 is 1. The van der Waals surface area contributed by atoms with Crippen LogP contribution in [0.2, 0.25) is 0 Å². The molecule has 0 spiro atoms. The molecule has 5 heteroatoms. The van der Waals surface area contributed by atoms with Gasteiger partial charge in [-0.3, -0.25) is 0 Å². The van der Waals surface area contributed by atoms with Crippen molar-refractivity contribution >= 4 is 12.3 Å². The Morgan fingerprint density at radius 2 is 2.12 bits per heavy atom. The summed E-state index contributed by atoms with van der Waals surface area (Å²) in [6.07, 6.45) is 0.857. The van der Waals surface area contributed by atoms with Crippen LogP contribution in [-0.4, -0.2) is 19.4 Å². The summed E-state index contributed by atoms with van der Waals surface area (Å²) >= 11 is 0. The summed E-state index contributed by atoms with van der Waals surface area (Å²) in [6.45, 7) is 1.68. The Balaban J connectivity index is 3.23. The summed E-state index contributed by atoms with van der Waals surface area (Å²) in [5.41, 5.74) is -0.0725. The lowest BCUT2D eigenvalue weighted by molar-refractivity contribution is -0.108. The highest BCUT2D eigenvalue weighted by molar-refractivity contribution is 5.89. The molecule has 0 aromatic heterocycles. The quantitative estimate of drug-likeness (QED) is 0.601. The van der Waals surface area contributed by atoms with Gasteiger partial charge >= 0.3 is 5.97 Å². The van der Waals surface area contributed by atoms with Crippen molar-refractivity contribution in [2.24, 2.45) is 0 Å². The fraction of sp³-hybridized carbons (Fsp3) is 0.333. The third-order valence-corrected chi connectivity index (χ3v) is 2.47. The Morgan fingerprint density at radius 1 is 1.47 bits per heavy atom. The topological polar surface area (TPSA) is 43.4 Å². The third-order valence-electron chi connectivity index (χ3n) is 2.47. The number of esters is 1. The highest BCUT2D eigenvalue weighted by Crippen LogP contribution is 2.23. The molecule has 0 bridgehead atoms. The zero-order valence-electron chi connectivity index (χ0n) is 9.50. The Labute approximate surface area is 97.4 Å². The van der Waals surface area contributed by atoms with Gasteiger partial charge in [-0.15, -0.1) is 0 Å². The Kier molecular flexibility index (Phi) is 4.31. The molecule has 3 nitrogen and oxygen atoms in total. The first-order valence-electron chi connectivity index (χ1n) is 5.02. The summed E-state index contributed by atoms with van der Waals surface area (Å²) in [4.78, 5) is 21.6. The van der Waals surface area contributed by atoms with Gasteiger partial charge in [-0.25, -0.2) is 13.6 Å². The van der Waals surface area contributed by atoms with Crippen LogP contribution in [0.1, 0.15) is 35.2 Å². The molecule has 0 saturated heterocycles. The second kappa shape index (κ2) is 5.52. The number of ether oxygens (including phenoxy) is 1. The molecule has 0 saturated carbocycles. The summed E-state index contributed by atoms with van der Waals surface area (Å²) in [7, 11) is 1.08. The van der Waals surface area contributed by atoms with Crippen LogP contribution in [0.5, 0.6) is 0 Å². The Morgan fingerprint density at radius 3 is 2.65 bits per heavy atom. The number of rotatable bonds is 4. The molecule has 0 aliphatic rings. The van der Waals surface area contributed by atoms with Crippen molar-refractivity contribution in [3.05, 3.63) is 34.9 Å². The average Bonchev–Trinajstić information content (AvgIpc) is 2.31. The lowest BCUT2D eigenvalue weighted by Crippen LogP contribution is -2.08. The monoisotopic (exact) mass is 242 g/mol. The van der Waals surface area contributed by atoms with Gasteiger partial charge in [0.05, 0.1) is 12.7 Å². The van der Waals surface area contributed by atoms with E-state index in [-0.39, 0.29) is 12.3 Å². The van der Waals surface area contributed by atoms with E-state index >= 15 is 0 Å². The van der Waals surface area contributed by atoms with E-state index in [0.717, 1.165) is 13.2 Å². The predicted octanol–water partition coefficient (Wildman–Crippen LogP) is 2.44. The number of halogens is 2. The molecule has 17 heavy (non-hydrogen) atoms. The van der Waals surface area contributed by atoms with Gasteiger partial charge in [-0.2, -0.15) is 0 Å². The van der Waals surface area contributed by atoms with Gasteiger partial charge in [0, 0.05) is 6.42 Å². The molecular weight excluding hydrogens is 230 g/mol. The minimum absolute atomic E-state index is 0.172. The van der Waals surface area contributed by atoms with E-state index in [9.17, 15) is 18.4 Å². The van der Waals surface area contributed by atoms with Crippen molar-refractivity contribution < 1.29 is 23.1 Å². The van der Waals surface area contributed by atoms with Crippen LogP contribution in [-0.2, 0) is 9.53 Å². The maximum absolute atomic E-state index is 13.3. The van der Waals surface area contributed by atoms with Crippen molar-refractivity contribution in [1.82, 2.24) is 0 Å². The molecule has 1 atom stereocenters. The van der Waals surface area contributed by atoms with Gasteiger partial charge in [0.15, 0.2) is 11.6 Å². The van der Waals surface area contributed by atoms with Crippen molar-refractivity contribution in [2.45, 2.75) is 19.3 Å². The van der Waals surface area contributed by atoms with Crippen LogP contribution >= 0.6 is 0 Å². The summed E-state index contributed by atoms with van der Waals surface area (Å²) in [5.74, 6) is -3.59. The summed E-state index contributed by atoms with van der Waals surface area (Å²) in [6, 6.07) is 2.19. The SMILES string of the molecule is COC(=O)c1cc(C(C)CC=O)cc(F)c1F. The number of carbonyl (C=O) groups excluding carboxylic acids is 2. The summed E-state index contributed by atoms with van der Waals surface area (Å²) < 4.78 is 30.9. The molecule has 0 aliphatic heterocycles. The number of aldehydes is 1. The third kappa shape index (κ3) is 2.87. The molecular formula is C12H12F2O3. The Hall–Kier alpha value is -1.78. The fourth-order valence-corrected chi connectivity index (χ4v) is 1.43. The van der Waals surface area contributed by atoms with Crippen molar-refractivity contribution in [1.29, 1.82) is 0 Å². The van der Waals surface area contributed by atoms with E-state index in [4.69, 9.17) is 0 Å². The van der Waals surface area contributed by atoms with Gasteiger partial charge < -0.3 is 9.53 Å². The summed E-state index contributed by atoms with van der Waals surface area (Å²) in [5, 5.41) is 0. The van der Waals surface area contributed by atoms with Crippen LogP contribution in [0.25, 0.3) is 0 Å². The number of hydrogen-bond donors (Lipinski definition) is 0. The minimum Gasteiger partial charge on any atom is -0.465 e. The highest BCUT2D eigenvalue weighted by atomic mass is 19.2. The standard InChI is InChI=1S/C12H12F2O3/c1-7(3-4-15)8-5-9(12(16)17-2)11(14)10(13)6-8/h4-7H,3H2,1-2H3. The molecule has 1 aromatic rings. The van der Waals surface area contributed by atoms with Crippen molar-refractivity contribution in [3.8, 4) is 0 Å². The van der Waals surface area contributed by atoms with E-state index in [2.05, 4.69) is 4.74 Å². The second-order valence-corrected chi connectivity index (χ2v) is 3.66. The zero-order valence-corrected chi connectivity index (χ0v) is 9.50. The first-order valence-corrected chi connectivity index (χ1v) is 5.02. The van der Waals surface area contributed by atoms with Gasteiger partial charge in [0.1, 0.15) is 6.29 Å². The zero-order chi connectivity index (χ0) is 13.0. The molecule has 0 amide bonds. The van der Waals surface area contributed by atoms with Gasteiger partial charge in [-0.05, 0) is 23.6 Å². The van der Waals surface area contributed by atoms with Gasteiger partial charge in [-0.1, -0.05) is 6.92 Å². The highest BCUT2D eigenvalue weighted by Gasteiger charge is 2.19. The van der Waals surface area contributed by atoms with Crippen LogP contribution in [0.3, 0.4) is 0 Å². The Bertz CT molecular complexity index is 444. The smallest absolute Gasteiger partial charge is 0.340 e. The van der Waals surface area contributed by atoms with Crippen LogP contribution in [0, 0.1) is 11.6 Å². The largest absolute Gasteiger partial charge is 0.465 e.